The monoisotopic (exact) mass is 226 g/mol. The average molecular weight is 226 g/mol. The Bertz CT molecular complexity index is 257. The van der Waals surface area contributed by atoms with Gasteiger partial charge in [-0.3, -0.25) is 4.79 Å². The molecule has 3 atom stereocenters. The van der Waals surface area contributed by atoms with E-state index in [9.17, 15) is 4.79 Å². The zero-order valence-corrected chi connectivity index (χ0v) is 10.2. The van der Waals surface area contributed by atoms with Crippen molar-refractivity contribution in [1.29, 1.82) is 0 Å². The number of nitrogens with zero attached hydrogens (tertiary/aromatic N) is 1. The van der Waals surface area contributed by atoms with E-state index < -0.39 is 0 Å². The van der Waals surface area contributed by atoms with Crippen molar-refractivity contribution in [3.05, 3.63) is 0 Å². The number of amides is 1. The van der Waals surface area contributed by atoms with E-state index in [0.717, 1.165) is 26.1 Å². The SMILES string of the molecule is CCCOCC(=O)N1CC2CNCC2C1C. The number of carbonyl (C=O) groups is 1. The molecule has 16 heavy (non-hydrogen) atoms. The maximum atomic E-state index is 11.9. The molecule has 0 aliphatic carbocycles. The van der Waals surface area contributed by atoms with Gasteiger partial charge in [-0.1, -0.05) is 6.92 Å². The van der Waals surface area contributed by atoms with E-state index in [1.807, 2.05) is 4.90 Å². The van der Waals surface area contributed by atoms with Crippen LogP contribution in [0.15, 0.2) is 0 Å². The molecule has 0 aromatic rings. The second-order valence-electron chi connectivity index (χ2n) is 4.92. The predicted octanol–water partition coefficient (Wildman–Crippen LogP) is 0.479. The summed E-state index contributed by atoms with van der Waals surface area (Å²) in [5, 5.41) is 3.40. The third kappa shape index (κ3) is 2.23. The van der Waals surface area contributed by atoms with E-state index >= 15 is 0 Å². The molecule has 4 heteroatoms. The van der Waals surface area contributed by atoms with Crippen LogP contribution in [0.1, 0.15) is 20.3 Å². The average Bonchev–Trinajstić information content (AvgIpc) is 2.82. The third-order valence-electron chi connectivity index (χ3n) is 3.83. The molecule has 0 aromatic carbocycles. The molecule has 0 aromatic heterocycles. The van der Waals surface area contributed by atoms with Crippen LogP contribution in [0.25, 0.3) is 0 Å². The van der Waals surface area contributed by atoms with E-state index in [1.54, 1.807) is 0 Å². The van der Waals surface area contributed by atoms with Crippen molar-refractivity contribution in [2.45, 2.75) is 26.3 Å². The fraction of sp³-hybridized carbons (Fsp3) is 0.917. The predicted molar refractivity (Wildman–Crippen MR) is 62.1 cm³/mol. The molecular weight excluding hydrogens is 204 g/mol. The summed E-state index contributed by atoms with van der Waals surface area (Å²) in [6.07, 6.45) is 0.970. The molecule has 2 aliphatic heterocycles. The maximum absolute atomic E-state index is 11.9. The Kier molecular flexibility index (Phi) is 3.82. The number of hydrogen-bond acceptors (Lipinski definition) is 3. The minimum atomic E-state index is 0.162. The molecular formula is C12H22N2O2. The van der Waals surface area contributed by atoms with E-state index in [1.165, 1.54) is 0 Å². The van der Waals surface area contributed by atoms with Gasteiger partial charge >= 0.3 is 0 Å². The van der Waals surface area contributed by atoms with Crippen LogP contribution in [0.3, 0.4) is 0 Å². The summed E-state index contributed by atoms with van der Waals surface area (Å²) in [7, 11) is 0. The Morgan fingerprint density at radius 2 is 2.31 bits per heavy atom. The van der Waals surface area contributed by atoms with Crippen LogP contribution in [0.5, 0.6) is 0 Å². The first-order chi connectivity index (χ1) is 7.74. The Morgan fingerprint density at radius 1 is 1.50 bits per heavy atom. The number of carbonyl (C=O) groups excluding carboxylic acids is 1. The number of ether oxygens (including phenoxy) is 1. The Labute approximate surface area is 97.3 Å². The van der Waals surface area contributed by atoms with Crippen LogP contribution in [0, 0.1) is 11.8 Å². The van der Waals surface area contributed by atoms with Crippen molar-refractivity contribution in [2.75, 3.05) is 32.8 Å². The number of likely N-dealkylation sites (tertiary alicyclic amines) is 1. The van der Waals surface area contributed by atoms with E-state index in [4.69, 9.17) is 4.74 Å². The second-order valence-corrected chi connectivity index (χ2v) is 4.92. The first-order valence-electron chi connectivity index (χ1n) is 6.32. The Morgan fingerprint density at radius 3 is 3.00 bits per heavy atom. The van der Waals surface area contributed by atoms with Gasteiger partial charge in [-0.2, -0.15) is 0 Å². The summed E-state index contributed by atoms with van der Waals surface area (Å²) < 4.78 is 5.32. The maximum Gasteiger partial charge on any atom is 0.248 e. The highest BCUT2D eigenvalue weighted by Gasteiger charge is 2.43. The fourth-order valence-electron chi connectivity index (χ4n) is 2.88. The molecule has 1 N–H and O–H groups in total. The summed E-state index contributed by atoms with van der Waals surface area (Å²) in [5.74, 6) is 1.47. The van der Waals surface area contributed by atoms with Gasteiger partial charge in [0, 0.05) is 32.3 Å². The van der Waals surface area contributed by atoms with Gasteiger partial charge in [-0.05, 0) is 25.2 Å². The van der Waals surface area contributed by atoms with Gasteiger partial charge in [0.05, 0.1) is 0 Å². The summed E-state index contributed by atoms with van der Waals surface area (Å²) in [6.45, 7) is 8.19. The largest absolute Gasteiger partial charge is 0.372 e. The van der Waals surface area contributed by atoms with E-state index in [2.05, 4.69) is 19.2 Å². The molecule has 4 nitrogen and oxygen atoms in total. The van der Waals surface area contributed by atoms with Crippen molar-refractivity contribution in [3.8, 4) is 0 Å². The lowest BCUT2D eigenvalue weighted by molar-refractivity contribution is -0.137. The van der Waals surface area contributed by atoms with Crippen LogP contribution in [-0.2, 0) is 9.53 Å². The molecule has 2 heterocycles. The van der Waals surface area contributed by atoms with Gasteiger partial charge in [-0.25, -0.2) is 0 Å². The molecule has 2 fully saturated rings. The summed E-state index contributed by atoms with van der Waals surface area (Å²) in [4.78, 5) is 13.9. The normalized spacial score (nSPS) is 33.1. The van der Waals surface area contributed by atoms with Crippen molar-refractivity contribution >= 4 is 5.91 Å². The summed E-state index contributed by atoms with van der Waals surface area (Å²) >= 11 is 0. The second kappa shape index (κ2) is 5.15. The Hall–Kier alpha value is -0.610. The lowest BCUT2D eigenvalue weighted by Crippen LogP contribution is -2.40. The third-order valence-corrected chi connectivity index (χ3v) is 3.83. The van der Waals surface area contributed by atoms with Gasteiger partial charge in [0.2, 0.25) is 5.91 Å². The fourth-order valence-corrected chi connectivity index (χ4v) is 2.88. The van der Waals surface area contributed by atoms with Crippen molar-refractivity contribution in [2.24, 2.45) is 11.8 Å². The molecule has 2 saturated heterocycles. The van der Waals surface area contributed by atoms with Gasteiger partial charge in [-0.15, -0.1) is 0 Å². The standard InChI is InChI=1S/C12H22N2O2/c1-3-4-16-8-12(15)14-7-10-5-13-6-11(10)9(14)2/h9-11,13H,3-8H2,1-2H3. The molecule has 0 radical (unpaired) electrons. The minimum absolute atomic E-state index is 0.162. The lowest BCUT2D eigenvalue weighted by atomic mass is 9.95. The zero-order chi connectivity index (χ0) is 11.5. The first-order valence-corrected chi connectivity index (χ1v) is 6.32. The highest BCUT2D eigenvalue weighted by Crippen LogP contribution is 2.32. The molecule has 2 rings (SSSR count). The van der Waals surface area contributed by atoms with Gasteiger partial charge in [0.25, 0.3) is 0 Å². The number of hydrogen-bond donors (Lipinski definition) is 1. The zero-order valence-electron chi connectivity index (χ0n) is 10.2. The van der Waals surface area contributed by atoms with Crippen LogP contribution < -0.4 is 5.32 Å². The van der Waals surface area contributed by atoms with Gasteiger partial charge in [0.15, 0.2) is 0 Å². The van der Waals surface area contributed by atoms with E-state index in [-0.39, 0.29) is 12.5 Å². The Balaban J connectivity index is 1.83. The molecule has 3 unspecified atom stereocenters. The highest BCUT2D eigenvalue weighted by atomic mass is 16.5. The number of rotatable bonds is 4. The molecule has 0 bridgehead atoms. The van der Waals surface area contributed by atoms with Gasteiger partial charge < -0.3 is 15.0 Å². The van der Waals surface area contributed by atoms with Crippen molar-refractivity contribution in [1.82, 2.24) is 10.2 Å². The van der Waals surface area contributed by atoms with Crippen molar-refractivity contribution < 1.29 is 9.53 Å². The molecule has 1 amide bonds. The van der Waals surface area contributed by atoms with Crippen LogP contribution in [0.2, 0.25) is 0 Å². The molecule has 0 saturated carbocycles. The van der Waals surface area contributed by atoms with Crippen LogP contribution in [-0.4, -0.2) is 49.7 Å². The minimum Gasteiger partial charge on any atom is -0.372 e. The molecule has 2 aliphatic rings. The van der Waals surface area contributed by atoms with Crippen molar-refractivity contribution in [3.63, 3.8) is 0 Å². The molecule has 0 spiro atoms. The summed E-state index contributed by atoms with van der Waals surface area (Å²) in [5.41, 5.74) is 0. The number of fused-ring (bicyclic) bond motifs is 1. The summed E-state index contributed by atoms with van der Waals surface area (Å²) in [6, 6.07) is 0.373. The van der Waals surface area contributed by atoms with Crippen LogP contribution >= 0.6 is 0 Å². The quantitative estimate of drug-likeness (QED) is 0.709. The lowest BCUT2D eigenvalue weighted by Gasteiger charge is -2.24. The van der Waals surface area contributed by atoms with Gasteiger partial charge in [0.1, 0.15) is 6.61 Å². The topological polar surface area (TPSA) is 41.6 Å². The van der Waals surface area contributed by atoms with Crippen LogP contribution in [0.4, 0.5) is 0 Å². The first kappa shape index (κ1) is 11.9. The highest BCUT2D eigenvalue weighted by molar-refractivity contribution is 5.78. The van der Waals surface area contributed by atoms with E-state index in [0.29, 0.717) is 24.5 Å². The smallest absolute Gasteiger partial charge is 0.248 e. The number of nitrogens with one attached hydrogen (secondary N) is 1. The molecule has 92 valence electrons.